The van der Waals surface area contributed by atoms with E-state index in [1.54, 1.807) is 20.2 Å². The standard InChI is InChI=1S/C39H72S3/c1-5-9-12-15-18-21-24-27-31-40-37-34-36(30-8-4)35-38(41-32-28-25-22-19-16-13-10-6-2)39(37)42-33-29-26-23-20-17-14-11-7-3/h34-35H,5-33H2,1-4H3. The highest BCUT2D eigenvalue weighted by atomic mass is 32.2. The van der Waals surface area contributed by atoms with Crippen LogP contribution in [-0.4, -0.2) is 17.3 Å². The molecule has 0 bridgehead atoms. The Labute approximate surface area is 278 Å². The van der Waals surface area contributed by atoms with Gasteiger partial charge in [0.1, 0.15) is 0 Å². The molecule has 0 saturated heterocycles. The lowest BCUT2D eigenvalue weighted by Crippen LogP contribution is -1.94. The van der Waals surface area contributed by atoms with E-state index in [1.165, 1.54) is 184 Å². The van der Waals surface area contributed by atoms with Crippen LogP contribution in [0.15, 0.2) is 26.8 Å². The van der Waals surface area contributed by atoms with E-state index in [9.17, 15) is 0 Å². The third-order valence-corrected chi connectivity index (χ3v) is 12.1. The van der Waals surface area contributed by atoms with Gasteiger partial charge in [0.15, 0.2) is 0 Å². The second-order valence-corrected chi connectivity index (χ2v) is 16.0. The van der Waals surface area contributed by atoms with Gasteiger partial charge in [0, 0.05) is 14.7 Å². The summed E-state index contributed by atoms with van der Waals surface area (Å²) in [4.78, 5) is 4.84. The zero-order chi connectivity index (χ0) is 30.4. The molecule has 0 fully saturated rings. The predicted molar refractivity (Wildman–Crippen MR) is 200 cm³/mol. The van der Waals surface area contributed by atoms with Gasteiger partial charge in [0.2, 0.25) is 0 Å². The molecule has 1 aromatic carbocycles. The van der Waals surface area contributed by atoms with Crippen molar-refractivity contribution in [1.82, 2.24) is 0 Å². The van der Waals surface area contributed by atoms with Gasteiger partial charge in [0.05, 0.1) is 0 Å². The quantitative estimate of drug-likeness (QED) is 0.0570. The topological polar surface area (TPSA) is 0 Å². The van der Waals surface area contributed by atoms with Crippen molar-refractivity contribution in [1.29, 1.82) is 0 Å². The first kappa shape index (κ1) is 40.3. The number of unbranched alkanes of at least 4 members (excludes halogenated alkanes) is 21. The Morgan fingerprint density at radius 1 is 0.357 bits per heavy atom. The molecule has 246 valence electrons. The molecule has 3 heteroatoms. The lowest BCUT2D eigenvalue weighted by atomic mass is 10.1. The molecular weight excluding hydrogens is 565 g/mol. The van der Waals surface area contributed by atoms with Gasteiger partial charge in [-0.15, -0.1) is 35.3 Å². The molecule has 0 radical (unpaired) electrons. The van der Waals surface area contributed by atoms with Gasteiger partial charge < -0.3 is 0 Å². The van der Waals surface area contributed by atoms with Gasteiger partial charge >= 0.3 is 0 Å². The van der Waals surface area contributed by atoms with Crippen LogP contribution >= 0.6 is 35.3 Å². The zero-order valence-corrected chi connectivity index (χ0v) is 31.3. The van der Waals surface area contributed by atoms with Gasteiger partial charge in [-0.3, -0.25) is 0 Å². The van der Waals surface area contributed by atoms with Gasteiger partial charge in [0.25, 0.3) is 0 Å². The number of rotatable bonds is 32. The highest BCUT2D eigenvalue weighted by Gasteiger charge is 2.13. The number of aryl methyl sites for hydroxylation is 1. The van der Waals surface area contributed by atoms with E-state index in [2.05, 4.69) is 75.1 Å². The van der Waals surface area contributed by atoms with Crippen LogP contribution in [0.4, 0.5) is 0 Å². The average molecular weight is 637 g/mol. The highest BCUT2D eigenvalue weighted by molar-refractivity contribution is 8.03. The molecule has 1 rings (SSSR count). The van der Waals surface area contributed by atoms with Crippen molar-refractivity contribution in [3.8, 4) is 0 Å². The minimum Gasteiger partial charge on any atom is -0.125 e. The molecule has 0 aliphatic carbocycles. The predicted octanol–water partition coefficient (Wildman–Crippen LogP) is 15.3. The molecule has 0 unspecified atom stereocenters. The molecule has 1 aromatic rings. The summed E-state index contributed by atoms with van der Waals surface area (Å²) in [6.07, 6.45) is 36.4. The minimum absolute atomic E-state index is 1.22. The maximum absolute atomic E-state index is 2.58. The number of hydrogen-bond acceptors (Lipinski definition) is 3. The van der Waals surface area contributed by atoms with E-state index < -0.39 is 0 Å². The van der Waals surface area contributed by atoms with Crippen LogP contribution in [0.3, 0.4) is 0 Å². The Morgan fingerprint density at radius 2 is 0.667 bits per heavy atom. The molecule has 0 amide bonds. The SMILES string of the molecule is CCCCCCCCCCSc1cc(CCC)cc(SCCCCCCCCCC)c1SCCCCCCCCCC. The zero-order valence-electron chi connectivity index (χ0n) is 28.9. The molecule has 0 nitrogen and oxygen atoms in total. The van der Waals surface area contributed by atoms with E-state index in [1.807, 2.05) is 0 Å². The maximum Gasteiger partial charge on any atom is 0.0344 e. The molecule has 0 spiro atoms. The van der Waals surface area contributed by atoms with E-state index in [0.29, 0.717) is 0 Å². The van der Waals surface area contributed by atoms with Crippen molar-refractivity contribution in [2.75, 3.05) is 17.3 Å². The largest absolute Gasteiger partial charge is 0.125 e. The van der Waals surface area contributed by atoms with Crippen molar-refractivity contribution in [2.24, 2.45) is 0 Å². The number of benzene rings is 1. The Kier molecular flexibility index (Phi) is 30.0. The third-order valence-electron chi connectivity index (χ3n) is 8.37. The van der Waals surface area contributed by atoms with Crippen molar-refractivity contribution in [2.45, 2.75) is 209 Å². The second kappa shape index (κ2) is 31.3. The summed E-state index contributed by atoms with van der Waals surface area (Å²) < 4.78 is 0. The lowest BCUT2D eigenvalue weighted by Gasteiger charge is -2.17. The monoisotopic (exact) mass is 636 g/mol. The fraction of sp³-hybridized carbons (Fsp3) is 0.846. The van der Waals surface area contributed by atoms with Crippen molar-refractivity contribution < 1.29 is 0 Å². The fourth-order valence-corrected chi connectivity index (χ4v) is 9.48. The summed E-state index contributed by atoms with van der Waals surface area (Å²) in [5, 5.41) is 0. The summed E-state index contributed by atoms with van der Waals surface area (Å²) in [7, 11) is 0. The van der Waals surface area contributed by atoms with E-state index in [4.69, 9.17) is 0 Å². The van der Waals surface area contributed by atoms with Gasteiger partial charge in [-0.25, -0.2) is 0 Å². The molecule has 0 N–H and O–H groups in total. The Bertz CT molecular complexity index is 658. The molecule has 0 heterocycles. The van der Waals surface area contributed by atoms with Crippen molar-refractivity contribution in [3.05, 3.63) is 17.7 Å². The molecule has 0 atom stereocenters. The summed E-state index contributed by atoms with van der Waals surface area (Å²) in [6.45, 7) is 9.28. The van der Waals surface area contributed by atoms with Crippen LogP contribution in [0.2, 0.25) is 0 Å². The average Bonchev–Trinajstić information content (AvgIpc) is 2.99. The molecule has 0 saturated carbocycles. The smallest absolute Gasteiger partial charge is 0.0344 e. The highest BCUT2D eigenvalue weighted by Crippen LogP contribution is 2.41. The first-order chi connectivity index (χ1) is 20.8. The van der Waals surface area contributed by atoms with E-state index >= 15 is 0 Å². The maximum atomic E-state index is 2.58. The summed E-state index contributed by atoms with van der Waals surface area (Å²) >= 11 is 6.54. The van der Waals surface area contributed by atoms with Gasteiger partial charge in [-0.05, 0) is 60.6 Å². The number of hydrogen-bond donors (Lipinski definition) is 0. The van der Waals surface area contributed by atoms with E-state index in [0.717, 1.165) is 0 Å². The van der Waals surface area contributed by atoms with Crippen LogP contribution in [0, 0.1) is 0 Å². The lowest BCUT2D eigenvalue weighted by molar-refractivity contribution is 0.586. The van der Waals surface area contributed by atoms with Crippen LogP contribution in [0.1, 0.15) is 194 Å². The van der Waals surface area contributed by atoms with Gasteiger partial charge in [-0.1, -0.05) is 169 Å². The Hall–Kier alpha value is 0.270. The minimum atomic E-state index is 1.22. The van der Waals surface area contributed by atoms with Crippen LogP contribution in [0.25, 0.3) is 0 Å². The molecule has 42 heavy (non-hydrogen) atoms. The molecular formula is C39H72S3. The fourth-order valence-electron chi connectivity index (χ4n) is 5.67. The van der Waals surface area contributed by atoms with Gasteiger partial charge in [-0.2, -0.15) is 0 Å². The first-order valence-corrected chi connectivity index (χ1v) is 21.8. The summed E-state index contributed by atoms with van der Waals surface area (Å²) in [5.41, 5.74) is 1.57. The first-order valence-electron chi connectivity index (χ1n) is 18.8. The molecule has 0 aromatic heterocycles. The third kappa shape index (κ3) is 22.7. The van der Waals surface area contributed by atoms with Crippen LogP contribution in [-0.2, 0) is 6.42 Å². The van der Waals surface area contributed by atoms with Crippen LogP contribution in [0.5, 0.6) is 0 Å². The summed E-state index contributed by atoms with van der Waals surface area (Å²) in [5.74, 6) is 3.87. The summed E-state index contributed by atoms with van der Waals surface area (Å²) in [6, 6.07) is 5.16. The molecule has 0 aliphatic heterocycles. The van der Waals surface area contributed by atoms with Crippen LogP contribution < -0.4 is 0 Å². The Morgan fingerprint density at radius 3 is 1.00 bits per heavy atom. The molecule has 0 aliphatic rings. The number of thioether (sulfide) groups is 3. The normalized spacial score (nSPS) is 11.5. The van der Waals surface area contributed by atoms with Crippen molar-refractivity contribution in [3.63, 3.8) is 0 Å². The second-order valence-electron chi connectivity index (χ2n) is 12.6. The van der Waals surface area contributed by atoms with Crippen molar-refractivity contribution >= 4 is 35.3 Å². The Balaban J connectivity index is 2.66. The van der Waals surface area contributed by atoms with E-state index in [-0.39, 0.29) is 0 Å².